The number of para-hydroxylation sites is 1. The summed E-state index contributed by atoms with van der Waals surface area (Å²) < 4.78 is 17.3. The zero-order valence-corrected chi connectivity index (χ0v) is 17.4. The molecule has 0 bridgehead atoms. The topological polar surface area (TPSA) is 85.3 Å². The Morgan fingerprint density at radius 3 is 2.77 bits per heavy atom. The minimum Gasteiger partial charge on any atom is -0.481 e. The number of amides is 1. The van der Waals surface area contributed by atoms with E-state index < -0.39 is 24.6 Å². The van der Waals surface area contributed by atoms with E-state index in [-0.39, 0.29) is 18.6 Å². The SMILES string of the molecule is CC(C)CN1C(=O)C(CC(=O)O)OC(c2cccc3c2OCO3)c2cc(Cl)ccc21. The maximum absolute atomic E-state index is 13.3. The normalized spacial score (nSPS) is 20.3. The zero-order valence-electron chi connectivity index (χ0n) is 16.6. The monoisotopic (exact) mass is 431 g/mol. The van der Waals surface area contributed by atoms with Crippen molar-refractivity contribution in [2.75, 3.05) is 18.2 Å². The highest BCUT2D eigenvalue weighted by Crippen LogP contribution is 2.46. The molecule has 158 valence electrons. The van der Waals surface area contributed by atoms with Gasteiger partial charge in [-0.3, -0.25) is 9.59 Å². The van der Waals surface area contributed by atoms with E-state index in [4.69, 9.17) is 25.8 Å². The summed E-state index contributed by atoms with van der Waals surface area (Å²) in [5, 5.41) is 9.89. The number of nitrogens with zero attached hydrogens (tertiary/aromatic N) is 1. The number of carboxylic acid groups (broad SMARTS) is 1. The van der Waals surface area contributed by atoms with Gasteiger partial charge in [0.2, 0.25) is 6.79 Å². The second kappa shape index (κ2) is 8.16. The van der Waals surface area contributed by atoms with Crippen LogP contribution in [0.3, 0.4) is 0 Å². The molecule has 2 aliphatic heterocycles. The second-order valence-corrected chi connectivity index (χ2v) is 8.17. The van der Waals surface area contributed by atoms with Crippen molar-refractivity contribution < 1.29 is 28.9 Å². The van der Waals surface area contributed by atoms with Crippen LogP contribution in [-0.4, -0.2) is 36.4 Å². The van der Waals surface area contributed by atoms with Gasteiger partial charge < -0.3 is 24.2 Å². The van der Waals surface area contributed by atoms with E-state index in [1.165, 1.54) is 0 Å². The van der Waals surface area contributed by atoms with Crippen LogP contribution in [0.5, 0.6) is 11.5 Å². The second-order valence-electron chi connectivity index (χ2n) is 7.73. The molecule has 2 aromatic carbocycles. The molecule has 0 aliphatic carbocycles. The molecule has 0 aromatic heterocycles. The molecule has 1 N–H and O–H groups in total. The number of fused-ring (bicyclic) bond motifs is 2. The molecule has 0 spiro atoms. The number of anilines is 1. The average Bonchev–Trinajstić information content (AvgIpc) is 3.14. The molecule has 2 aromatic rings. The van der Waals surface area contributed by atoms with E-state index in [0.717, 1.165) is 0 Å². The predicted octanol–water partition coefficient (Wildman–Crippen LogP) is 4.02. The Labute approximate surface area is 179 Å². The summed E-state index contributed by atoms with van der Waals surface area (Å²) in [7, 11) is 0. The largest absolute Gasteiger partial charge is 0.481 e. The number of carbonyl (C=O) groups excluding carboxylic acids is 1. The van der Waals surface area contributed by atoms with Crippen LogP contribution in [0.2, 0.25) is 5.02 Å². The molecule has 2 heterocycles. The van der Waals surface area contributed by atoms with Crippen LogP contribution < -0.4 is 14.4 Å². The van der Waals surface area contributed by atoms with E-state index in [0.29, 0.717) is 39.9 Å². The minimum atomic E-state index is -1.16. The van der Waals surface area contributed by atoms with Crippen molar-refractivity contribution in [2.24, 2.45) is 5.92 Å². The molecule has 2 aliphatic rings. The predicted molar refractivity (Wildman–Crippen MR) is 110 cm³/mol. The molecule has 8 heteroatoms. The van der Waals surface area contributed by atoms with E-state index in [9.17, 15) is 14.7 Å². The maximum Gasteiger partial charge on any atom is 0.306 e. The molecular weight excluding hydrogens is 410 g/mol. The van der Waals surface area contributed by atoms with E-state index >= 15 is 0 Å². The fourth-order valence-corrected chi connectivity index (χ4v) is 4.00. The summed E-state index contributed by atoms with van der Waals surface area (Å²) in [6, 6.07) is 10.7. The van der Waals surface area contributed by atoms with E-state index in [1.54, 1.807) is 35.2 Å². The summed E-state index contributed by atoms with van der Waals surface area (Å²) in [6.45, 7) is 4.49. The summed E-state index contributed by atoms with van der Waals surface area (Å²) >= 11 is 6.30. The first-order chi connectivity index (χ1) is 14.3. The lowest BCUT2D eigenvalue weighted by Crippen LogP contribution is -2.42. The van der Waals surface area contributed by atoms with Gasteiger partial charge in [0.25, 0.3) is 5.91 Å². The van der Waals surface area contributed by atoms with Gasteiger partial charge in [-0.15, -0.1) is 0 Å². The van der Waals surface area contributed by atoms with Crippen molar-refractivity contribution in [2.45, 2.75) is 32.5 Å². The number of aliphatic carboxylic acids is 1. The first-order valence-corrected chi connectivity index (χ1v) is 10.1. The first-order valence-electron chi connectivity index (χ1n) is 9.71. The van der Waals surface area contributed by atoms with Gasteiger partial charge in [0, 0.05) is 28.4 Å². The number of benzene rings is 2. The van der Waals surface area contributed by atoms with Crippen molar-refractivity contribution in [1.82, 2.24) is 0 Å². The lowest BCUT2D eigenvalue weighted by molar-refractivity contribution is -0.147. The van der Waals surface area contributed by atoms with Crippen LogP contribution in [0, 0.1) is 5.92 Å². The molecule has 0 saturated heterocycles. The third-order valence-corrected chi connectivity index (χ3v) is 5.26. The van der Waals surface area contributed by atoms with Crippen LogP contribution in [0.25, 0.3) is 0 Å². The Balaban J connectivity index is 1.90. The minimum absolute atomic E-state index is 0.0818. The Morgan fingerprint density at radius 2 is 2.03 bits per heavy atom. The van der Waals surface area contributed by atoms with Crippen LogP contribution in [0.15, 0.2) is 36.4 Å². The molecule has 7 nitrogen and oxygen atoms in total. The zero-order chi connectivity index (χ0) is 21.4. The van der Waals surface area contributed by atoms with Crippen molar-refractivity contribution in [3.8, 4) is 11.5 Å². The highest BCUT2D eigenvalue weighted by atomic mass is 35.5. The number of ether oxygens (including phenoxy) is 3. The van der Waals surface area contributed by atoms with Crippen LogP contribution in [-0.2, 0) is 14.3 Å². The quantitative estimate of drug-likeness (QED) is 0.769. The van der Waals surface area contributed by atoms with Crippen molar-refractivity contribution in [3.05, 3.63) is 52.5 Å². The number of hydrogen-bond acceptors (Lipinski definition) is 5. The van der Waals surface area contributed by atoms with Gasteiger partial charge in [-0.2, -0.15) is 0 Å². The molecule has 0 fully saturated rings. The Morgan fingerprint density at radius 1 is 1.23 bits per heavy atom. The summed E-state index contributed by atoms with van der Waals surface area (Å²) in [5.74, 6) is -0.242. The highest BCUT2D eigenvalue weighted by Gasteiger charge is 2.39. The number of carboxylic acids is 1. The summed E-state index contributed by atoms with van der Waals surface area (Å²) in [5.41, 5.74) is 1.98. The molecule has 1 amide bonds. The molecule has 2 unspecified atom stereocenters. The average molecular weight is 432 g/mol. The number of hydrogen-bond donors (Lipinski definition) is 1. The first kappa shape index (κ1) is 20.5. The Hall–Kier alpha value is -2.77. The van der Waals surface area contributed by atoms with E-state index in [2.05, 4.69) is 0 Å². The lowest BCUT2D eigenvalue weighted by atomic mass is 9.98. The summed E-state index contributed by atoms with van der Waals surface area (Å²) in [4.78, 5) is 26.4. The lowest BCUT2D eigenvalue weighted by Gasteiger charge is -2.26. The summed E-state index contributed by atoms with van der Waals surface area (Å²) in [6.07, 6.45) is -2.35. The van der Waals surface area contributed by atoms with Crippen LogP contribution in [0.1, 0.15) is 37.5 Å². The van der Waals surface area contributed by atoms with Gasteiger partial charge in [-0.05, 0) is 30.2 Å². The highest BCUT2D eigenvalue weighted by molar-refractivity contribution is 6.30. The smallest absolute Gasteiger partial charge is 0.306 e. The Kier molecular flexibility index (Phi) is 5.58. The van der Waals surface area contributed by atoms with Crippen LogP contribution in [0.4, 0.5) is 5.69 Å². The molecule has 30 heavy (non-hydrogen) atoms. The van der Waals surface area contributed by atoms with E-state index in [1.807, 2.05) is 19.9 Å². The molecule has 0 radical (unpaired) electrons. The number of rotatable bonds is 5. The third-order valence-electron chi connectivity index (χ3n) is 5.02. The maximum atomic E-state index is 13.3. The molecule has 0 saturated carbocycles. The van der Waals surface area contributed by atoms with Gasteiger partial charge >= 0.3 is 5.97 Å². The van der Waals surface area contributed by atoms with Gasteiger partial charge in [0.15, 0.2) is 11.5 Å². The molecule has 2 atom stereocenters. The Bertz CT molecular complexity index is 992. The number of carbonyl (C=O) groups is 2. The van der Waals surface area contributed by atoms with Crippen molar-refractivity contribution in [3.63, 3.8) is 0 Å². The van der Waals surface area contributed by atoms with Gasteiger partial charge in [-0.25, -0.2) is 0 Å². The third kappa shape index (κ3) is 3.82. The van der Waals surface area contributed by atoms with Gasteiger partial charge in [0.1, 0.15) is 12.2 Å². The molecule has 4 rings (SSSR count). The van der Waals surface area contributed by atoms with Crippen molar-refractivity contribution >= 4 is 29.2 Å². The fourth-order valence-electron chi connectivity index (χ4n) is 3.82. The van der Waals surface area contributed by atoms with Crippen LogP contribution >= 0.6 is 11.6 Å². The fraction of sp³-hybridized carbons (Fsp3) is 0.364. The van der Waals surface area contributed by atoms with Gasteiger partial charge in [-0.1, -0.05) is 37.6 Å². The van der Waals surface area contributed by atoms with Gasteiger partial charge in [0.05, 0.1) is 6.42 Å². The standard InChI is InChI=1S/C22H22ClNO6/c1-12(2)10-24-16-7-6-13(23)8-15(16)20(30-18(22(24)27)9-19(25)26)14-4-3-5-17-21(14)29-11-28-17/h3-8,12,18,20H,9-11H2,1-2H3,(H,25,26). The number of halogens is 1. The molecular formula is C22H22ClNO6. The van der Waals surface area contributed by atoms with Crippen molar-refractivity contribution in [1.29, 1.82) is 0 Å².